The lowest BCUT2D eigenvalue weighted by atomic mass is 9.84. The number of benzene rings is 1. The van der Waals surface area contributed by atoms with E-state index in [0.29, 0.717) is 12.8 Å². The van der Waals surface area contributed by atoms with Crippen LogP contribution in [0.1, 0.15) is 38.3 Å². The lowest BCUT2D eigenvalue weighted by Gasteiger charge is -2.38. The number of rotatable bonds is 6. The fourth-order valence-electron chi connectivity index (χ4n) is 2.33. The molecule has 1 aromatic rings. The van der Waals surface area contributed by atoms with E-state index in [-0.39, 0.29) is 5.56 Å². The molecule has 1 aromatic carbocycles. The SMILES string of the molecule is CCC(CC)(OC)C(NN)c1cccc(F)c1F. The van der Waals surface area contributed by atoms with E-state index in [2.05, 4.69) is 5.43 Å². The number of methoxy groups -OCH3 is 1. The van der Waals surface area contributed by atoms with Crippen molar-refractivity contribution < 1.29 is 13.5 Å². The van der Waals surface area contributed by atoms with Crippen molar-refractivity contribution in [2.45, 2.75) is 38.3 Å². The van der Waals surface area contributed by atoms with Crippen LogP contribution in [0, 0.1) is 11.6 Å². The maximum Gasteiger partial charge on any atom is 0.163 e. The Morgan fingerprint density at radius 2 is 1.94 bits per heavy atom. The van der Waals surface area contributed by atoms with Gasteiger partial charge in [0, 0.05) is 12.7 Å². The molecule has 0 aliphatic heterocycles. The Bertz CT molecular complexity index is 386. The molecule has 1 atom stereocenters. The summed E-state index contributed by atoms with van der Waals surface area (Å²) < 4.78 is 32.7. The first-order valence-electron chi connectivity index (χ1n) is 6.01. The Hall–Kier alpha value is -1.04. The maximum atomic E-state index is 13.9. The number of nitrogens with one attached hydrogen (secondary N) is 1. The predicted octanol–water partition coefficient (Wildman–Crippen LogP) is 2.67. The number of ether oxygens (including phenoxy) is 1. The molecule has 0 saturated heterocycles. The fraction of sp³-hybridized carbons (Fsp3) is 0.538. The molecular weight excluding hydrogens is 238 g/mol. The average Bonchev–Trinajstić information content (AvgIpc) is 2.40. The second-order valence-corrected chi connectivity index (χ2v) is 4.22. The zero-order valence-corrected chi connectivity index (χ0v) is 11.0. The first-order chi connectivity index (χ1) is 8.56. The van der Waals surface area contributed by atoms with E-state index >= 15 is 0 Å². The van der Waals surface area contributed by atoms with Crippen molar-refractivity contribution >= 4 is 0 Å². The van der Waals surface area contributed by atoms with Crippen molar-refractivity contribution in [3.05, 3.63) is 35.4 Å². The van der Waals surface area contributed by atoms with Crippen molar-refractivity contribution in [1.82, 2.24) is 5.43 Å². The molecule has 0 spiro atoms. The van der Waals surface area contributed by atoms with Gasteiger partial charge in [-0.15, -0.1) is 0 Å². The van der Waals surface area contributed by atoms with Gasteiger partial charge < -0.3 is 4.74 Å². The number of hydrogen-bond donors (Lipinski definition) is 2. The first-order valence-corrected chi connectivity index (χ1v) is 6.01. The zero-order valence-electron chi connectivity index (χ0n) is 11.0. The van der Waals surface area contributed by atoms with E-state index in [4.69, 9.17) is 10.6 Å². The summed E-state index contributed by atoms with van der Waals surface area (Å²) in [6, 6.07) is 3.46. The highest BCUT2D eigenvalue weighted by Crippen LogP contribution is 2.35. The number of nitrogens with two attached hydrogens (primary N) is 1. The quantitative estimate of drug-likeness (QED) is 0.609. The number of halogens is 2. The number of hydrazine groups is 1. The molecule has 1 rings (SSSR count). The monoisotopic (exact) mass is 258 g/mol. The van der Waals surface area contributed by atoms with Gasteiger partial charge in [-0.2, -0.15) is 0 Å². The molecule has 0 radical (unpaired) electrons. The Morgan fingerprint density at radius 3 is 2.39 bits per heavy atom. The van der Waals surface area contributed by atoms with Gasteiger partial charge in [0.05, 0.1) is 11.6 Å². The number of hydrogen-bond acceptors (Lipinski definition) is 3. The zero-order chi connectivity index (χ0) is 13.8. The molecule has 0 bridgehead atoms. The van der Waals surface area contributed by atoms with Crippen molar-refractivity contribution in [2.75, 3.05) is 7.11 Å². The third-order valence-electron chi connectivity index (χ3n) is 3.59. The third-order valence-corrected chi connectivity index (χ3v) is 3.59. The van der Waals surface area contributed by atoms with Crippen molar-refractivity contribution in [3.8, 4) is 0 Å². The van der Waals surface area contributed by atoms with Crippen molar-refractivity contribution in [1.29, 1.82) is 0 Å². The standard InChI is InChI=1S/C13H20F2N2O/c1-4-13(5-2,18-3)12(17-16)9-7-6-8-10(14)11(9)15/h6-8,12,17H,4-5,16H2,1-3H3. The van der Waals surface area contributed by atoms with Crippen LogP contribution in [0.4, 0.5) is 8.78 Å². The minimum Gasteiger partial charge on any atom is -0.376 e. The molecule has 0 saturated carbocycles. The summed E-state index contributed by atoms with van der Waals surface area (Å²) in [6.45, 7) is 3.85. The average molecular weight is 258 g/mol. The van der Waals surface area contributed by atoms with E-state index in [1.54, 1.807) is 7.11 Å². The smallest absolute Gasteiger partial charge is 0.163 e. The second kappa shape index (κ2) is 6.22. The van der Waals surface area contributed by atoms with Crippen LogP contribution in [-0.2, 0) is 4.74 Å². The largest absolute Gasteiger partial charge is 0.376 e. The summed E-state index contributed by atoms with van der Waals surface area (Å²) in [5, 5.41) is 0. The first kappa shape index (κ1) is 15.0. The summed E-state index contributed by atoms with van der Waals surface area (Å²) in [5.41, 5.74) is 2.07. The minimum absolute atomic E-state index is 0.183. The molecule has 0 aliphatic carbocycles. The van der Waals surface area contributed by atoms with Crippen LogP contribution in [0.25, 0.3) is 0 Å². The molecule has 0 aromatic heterocycles. The van der Waals surface area contributed by atoms with Gasteiger partial charge in [0.15, 0.2) is 11.6 Å². The Labute approximate surface area is 106 Å². The van der Waals surface area contributed by atoms with Gasteiger partial charge in [-0.3, -0.25) is 5.84 Å². The summed E-state index contributed by atoms with van der Waals surface area (Å²) in [5.74, 6) is 3.75. The molecule has 102 valence electrons. The molecule has 5 heteroatoms. The van der Waals surface area contributed by atoms with Crippen LogP contribution in [0.3, 0.4) is 0 Å². The van der Waals surface area contributed by atoms with Crippen LogP contribution < -0.4 is 11.3 Å². The van der Waals surface area contributed by atoms with Gasteiger partial charge in [-0.05, 0) is 18.9 Å². The van der Waals surface area contributed by atoms with E-state index < -0.39 is 23.3 Å². The van der Waals surface area contributed by atoms with Gasteiger partial charge in [-0.1, -0.05) is 26.0 Å². The normalized spacial score (nSPS) is 13.7. The third kappa shape index (κ3) is 2.53. The lowest BCUT2D eigenvalue weighted by molar-refractivity contribution is -0.0496. The Kier molecular flexibility index (Phi) is 5.19. The minimum atomic E-state index is -0.885. The van der Waals surface area contributed by atoms with E-state index in [1.807, 2.05) is 13.8 Å². The van der Waals surface area contributed by atoms with E-state index in [1.165, 1.54) is 12.1 Å². The van der Waals surface area contributed by atoms with Gasteiger partial charge in [0.1, 0.15) is 0 Å². The Morgan fingerprint density at radius 1 is 1.33 bits per heavy atom. The fourth-order valence-corrected chi connectivity index (χ4v) is 2.33. The summed E-state index contributed by atoms with van der Waals surface area (Å²) in [4.78, 5) is 0. The van der Waals surface area contributed by atoms with Crippen LogP contribution in [-0.4, -0.2) is 12.7 Å². The van der Waals surface area contributed by atoms with Crippen LogP contribution in [0.2, 0.25) is 0 Å². The molecule has 1 unspecified atom stereocenters. The summed E-state index contributed by atoms with van der Waals surface area (Å²) in [6.07, 6.45) is 1.26. The van der Waals surface area contributed by atoms with Gasteiger partial charge in [0.2, 0.25) is 0 Å². The molecule has 3 nitrogen and oxygen atoms in total. The highest BCUT2D eigenvalue weighted by atomic mass is 19.2. The van der Waals surface area contributed by atoms with Crippen LogP contribution in [0.15, 0.2) is 18.2 Å². The summed E-state index contributed by atoms with van der Waals surface area (Å²) >= 11 is 0. The molecule has 0 amide bonds. The van der Waals surface area contributed by atoms with Crippen molar-refractivity contribution in [2.24, 2.45) is 5.84 Å². The molecule has 0 aliphatic rings. The van der Waals surface area contributed by atoms with Gasteiger partial charge in [-0.25, -0.2) is 14.2 Å². The van der Waals surface area contributed by atoms with Gasteiger partial charge >= 0.3 is 0 Å². The lowest BCUT2D eigenvalue weighted by Crippen LogP contribution is -2.47. The van der Waals surface area contributed by atoms with Gasteiger partial charge in [0.25, 0.3) is 0 Å². The highest BCUT2D eigenvalue weighted by molar-refractivity contribution is 5.25. The van der Waals surface area contributed by atoms with Crippen LogP contribution in [0.5, 0.6) is 0 Å². The molecular formula is C13H20F2N2O. The second-order valence-electron chi connectivity index (χ2n) is 4.22. The molecule has 0 fully saturated rings. The van der Waals surface area contributed by atoms with E-state index in [0.717, 1.165) is 6.07 Å². The topological polar surface area (TPSA) is 47.3 Å². The maximum absolute atomic E-state index is 13.9. The molecule has 0 heterocycles. The summed E-state index contributed by atoms with van der Waals surface area (Å²) in [7, 11) is 1.55. The predicted molar refractivity (Wildman–Crippen MR) is 66.7 cm³/mol. The van der Waals surface area contributed by atoms with Crippen LogP contribution >= 0.6 is 0 Å². The van der Waals surface area contributed by atoms with Crippen molar-refractivity contribution in [3.63, 3.8) is 0 Å². The Balaban J connectivity index is 3.28. The molecule has 18 heavy (non-hydrogen) atoms. The highest BCUT2D eigenvalue weighted by Gasteiger charge is 2.38. The van der Waals surface area contributed by atoms with E-state index in [9.17, 15) is 8.78 Å². The molecule has 3 N–H and O–H groups in total.